The Morgan fingerprint density at radius 1 is 1.19 bits per heavy atom. The van der Waals surface area contributed by atoms with Crippen LogP contribution in [0.5, 0.6) is 0 Å². The van der Waals surface area contributed by atoms with Gasteiger partial charge in [0.1, 0.15) is 10.7 Å². The molecule has 0 fully saturated rings. The van der Waals surface area contributed by atoms with Crippen molar-refractivity contribution in [2.45, 2.75) is 45.1 Å². The summed E-state index contributed by atoms with van der Waals surface area (Å²) in [7, 11) is -2.60. The van der Waals surface area contributed by atoms with Crippen molar-refractivity contribution in [3.05, 3.63) is 49.6 Å². The van der Waals surface area contributed by atoms with Crippen molar-refractivity contribution >= 4 is 39.0 Å². The predicted octanol–water partition coefficient (Wildman–Crippen LogP) is 1.88. The lowest BCUT2D eigenvalue weighted by molar-refractivity contribution is 0.0992. The number of nitrogen functional groups attached to an aromatic ring is 1. The number of aromatic amines is 1. The van der Waals surface area contributed by atoms with Gasteiger partial charge in [0, 0.05) is 32.2 Å². The van der Waals surface area contributed by atoms with Crippen LogP contribution in [0.3, 0.4) is 0 Å². The number of anilines is 2. The minimum atomic E-state index is -3.92. The van der Waals surface area contributed by atoms with Crippen molar-refractivity contribution in [1.82, 2.24) is 13.9 Å². The van der Waals surface area contributed by atoms with E-state index in [-0.39, 0.29) is 46.6 Å². The van der Waals surface area contributed by atoms with Crippen LogP contribution in [0.4, 0.5) is 11.5 Å². The van der Waals surface area contributed by atoms with Crippen molar-refractivity contribution in [1.29, 1.82) is 0 Å². The molecule has 0 bridgehead atoms. The smallest absolute Gasteiger partial charge is 0.330 e. The van der Waals surface area contributed by atoms with E-state index in [9.17, 15) is 22.8 Å². The molecule has 0 saturated carbocycles. The second-order valence-electron chi connectivity index (χ2n) is 7.10. The van der Waals surface area contributed by atoms with Crippen molar-refractivity contribution in [3.63, 3.8) is 0 Å². The molecular formula is C20H28ClN5O5S. The van der Waals surface area contributed by atoms with E-state index < -0.39 is 27.2 Å². The maximum absolute atomic E-state index is 13.1. The zero-order chi connectivity index (χ0) is 24.2. The molecule has 12 heteroatoms. The number of carbonyl (C=O) groups excluding carboxylic acids is 1. The Hall–Kier alpha value is -2.63. The highest BCUT2D eigenvalue weighted by atomic mass is 35.5. The Kier molecular flexibility index (Phi) is 8.27. The van der Waals surface area contributed by atoms with E-state index in [1.54, 1.807) is 13.8 Å². The fraction of sp³-hybridized carbons (Fsp3) is 0.450. The molecule has 1 aromatic carbocycles. The molecule has 2 aromatic rings. The predicted molar refractivity (Wildman–Crippen MR) is 125 cm³/mol. The van der Waals surface area contributed by atoms with E-state index in [0.717, 1.165) is 11.3 Å². The van der Waals surface area contributed by atoms with Gasteiger partial charge in [-0.2, -0.15) is 4.31 Å². The number of benzene rings is 1. The number of hydrogen-bond acceptors (Lipinski definition) is 6. The molecule has 0 radical (unpaired) electrons. The van der Waals surface area contributed by atoms with Gasteiger partial charge in [0.25, 0.3) is 11.5 Å². The summed E-state index contributed by atoms with van der Waals surface area (Å²) in [4.78, 5) is 40.7. The van der Waals surface area contributed by atoms with Crippen LogP contribution in [-0.2, 0) is 16.6 Å². The first-order valence-corrected chi connectivity index (χ1v) is 12.0. The number of H-pyrrole nitrogens is 1. The van der Waals surface area contributed by atoms with Crippen LogP contribution in [0.25, 0.3) is 0 Å². The molecule has 0 atom stereocenters. The Labute approximate surface area is 191 Å². The summed E-state index contributed by atoms with van der Waals surface area (Å²) in [6.45, 7) is 6.07. The van der Waals surface area contributed by atoms with Gasteiger partial charge in [-0.25, -0.2) is 13.2 Å². The third kappa shape index (κ3) is 4.89. The van der Waals surface area contributed by atoms with Crippen LogP contribution in [0.15, 0.2) is 32.7 Å². The number of rotatable bonds is 9. The highest BCUT2D eigenvalue weighted by Gasteiger charge is 2.27. The Balaban J connectivity index is 2.56. The van der Waals surface area contributed by atoms with Crippen molar-refractivity contribution in [2.24, 2.45) is 0 Å². The van der Waals surface area contributed by atoms with E-state index in [1.165, 1.54) is 34.1 Å². The largest absolute Gasteiger partial charge is 0.383 e. The third-order valence-electron chi connectivity index (χ3n) is 5.09. The number of hydrogen-bond donors (Lipinski definition) is 2. The van der Waals surface area contributed by atoms with E-state index in [0.29, 0.717) is 6.42 Å². The molecule has 1 aromatic heterocycles. The molecule has 0 spiro atoms. The zero-order valence-corrected chi connectivity index (χ0v) is 20.1. The van der Waals surface area contributed by atoms with Crippen molar-refractivity contribution in [3.8, 4) is 0 Å². The lowest BCUT2D eigenvalue weighted by Gasteiger charge is -2.22. The summed E-state index contributed by atoms with van der Waals surface area (Å²) in [5.41, 5.74) is 4.38. The monoisotopic (exact) mass is 485 g/mol. The number of sulfonamides is 1. The van der Waals surface area contributed by atoms with E-state index in [4.69, 9.17) is 17.3 Å². The Morgan fingerprint density at radius 2 is 1.81 bits per heavy atom. The van der Waals surface area contributed by atoms with Gasteiger partial charge in [0.15, 0.2) is 5.69 Å². The van der Waals surface area contributed by atoms with Gasteiger partial charge < -0.3 is 10.6 Å². The topological polar surface area (TPSA) is 139 Å². The van der Waals surface area contributed by atoms with Gasteiger partial charge in [-0.3, -0.25) is 19.1 Å². The number of nitrogens with zero attached hydrogens (tertiary/aromatic N) is 3. The molecule has 3 N–H and O–H groups in total. The minimum Gasteiger partial charge on any atom is -0.383 e. The van der Waals surface area contributed by atoms with Crippen LogP contribution in [0.1, 0.15) is 44.0 Å². The van der Waals surface area contributed by atoms with Gasteiger partial charge in [0.2, 0.25) is 10.0 Å². The van der Waals surface area contributed by atoms with Crippen LogP contribution >= 0.6 is 11.6 Å². The molecule has 10 nitrogen and oxygen atoms in total. The van der Waals surface area contributed by atoms with Crippen LogP contribution in [0, 0.1) is 0 Å². The molecule has 2 rings (SSSR count). The summed E-state index contributed by atoms with van der Waals surface area (Å²) >= 11 is 6.13. The first kappa shape index (κ1) is 25.6. The number of nitrogens with two attached hydrogens (primary N) is 1. The SMILES string of the molecule is CCCCn1c(N)c(N(C)C(=O)c2ccc(Cl)c(S(=O)(=O)N(CC)CC)c2)c(=O)[nH]c1=O. The second-order valence-corrected chi connectivity index (χ2v) is 9.41. The standard InChI is InChI=1S/C20H28ClN5O5S/c1-5-8-11-26-17(22)16(18(27)23-20(26)29)24(4)19(28)13-9-10-14(21)15(12-13)32(30,31)25(6-2)7-3/h9-10,12H,5-8,11,22H2,1-4H3,(H,23,27,29). The highest BCUT2D eigenvalue weighted by molar-refractivity contribution is 7.89. The lowest BCUT2D eigenvalue weighted by Crippen LogP contribution is -2.39. The zero-order valence-electron chi connectivity index (χ0n) is 18.5. The minimum absolute atomic E-state index is 0.00672. The quantitative estimate of drug-likeness (QED) is 0.556. The molecule has 0 unspecified atom stereocenters. The van der Waals surface area contributed by atoms with Gasteiger partial charge in [-0.05, 0) is 24.6 Å². The van der Waals surface area contributed by atoms with Crippen LogP contribution < -0.4 is 21.9 Å². The summed E-state index contributed by atoms with van der Waals surface area (Å²) in [5.74, 6) is -0.830. The summed E-state index contributed by atoms with van der Waals surface area (Å²) in [5, 5.41) is -0.0263. The normalized spacial score (nSPS) is 11.7. The van der Waals surface area contributed by atoms with Gasteiger partial charge >= 0.3 is 5.69 Å². The average Bonchev–Trinajstić information content (AvgIpc) is 2.73. The summed E-state index contributed by atoms with van der Waals surface area (Å²) < 4.78 is 28.3. The third-order valence-corrected chi connectivity index (χ3v) is 7.62. The molecule has 176 valence electrons. The molecule has 0 aliphatic rings. The lowest BCUT2D eigenvalue weighted by atomic mass is 10.2. The molecule has 0 aliphatic carbocycles. The van der Waals surface area contributed by atoms with Crippen molar-refractivity contribution in [2.75, 3.05) is 30.8 Å². The maximum Gasteiger partial charge on any atom is 0.330 e. The van der Waals surface area contributed by atoms with Gasteiger partial charge in [-0.1, -0.05) is 38.8 Å². The van der Waals surface area contributed by atoms with Gasteiger partial charge in [0.05, 0.1) is 5.02 Å². The second kappa shape index (κ2) is 10.3. The molecular weight excluding hydrogens is 458 g/mol. The Bertz CT molecular complexity index is 1220. The number of nitrogens with one attached hydrogen (secondary N) is 1. The molecule has 1 heterocycles. The number of aromatic nitrogens is 2. The fourth-order valence-electron chi connectivity index (χ4n) is 3.27. The molecule has 0 saturated heterocycles. The average molecular weight is 486 g/mol. The molecule has 32 heavy (non-hydrogen) atoms. The van der Waals surface area contributed by atoms with Crippen LogP contribution in [-0.4, -0.2) is 48.3 Å². The first-order chi connectivity index (χ1) is 15.0. The van der Waals surface area contributed by atoms with Crippen molar-refractivity contribution < 1.29 is 13.2 Å². The fourth-order valence-corrected chi connectivity index (χ4v) is 5.23. The molecule has 0 aliphatic heterocycles. The number of halogens is 1. The van der Waals surface area contributed by atoms with E-state index in [1.807, 2.05) is 6.92 Å². The first-order valence-electron chi connectivity index (χ1n) is 10.2. The maximum atomic E-state index is 13.1. The number of unbranched alkanes of at least 4 members (excludes halogenated alkanes) is 1. The van der Waals surface area contributed by atoms with E-state index in [2.05, 4.69) is 4.98 Å². The highest BCUT2D eigenvalue weighted by Crippen LogP contribution is 2.27. The Morgan fingerprint density at radius 3 is 2.38 bits per heavy atom. The van der Waals surface area contributed by atoms with Gasteiger partial charge in [-0.15, -0.1) is 0 Å². The number of carbonyl (C=O) groups is 1. The molecule has 1 amide bonds. The summed E-state index contributed by atoms with van der Waals surface area (Å²) in [6, 6.07) is 3.85. The van der Waals surface area contributed by atoms with E-state index >= 15 is 0 Å². The summed E-state index contributed by atoms with van der Waals surface area (Å²) in [6.07, 6.45) is 1.45. The number of amides is 1. The van der Waals surface area contributed by atoms with Crippen LogP contribution in [0.2, 0.25) is 5.02 Å².